The van der Waals surface area contributed by atoms with Crippen LogP contribution < -0.4 is 0 Å². The Morgan fingerprint density at radius 3 is 2.78 bits per heavy atom. The second kappa shape index (κ2) is 6.71. The molecule has 0 fully saturated rings. The number of amides is 1. The van der Waals surface area contributed by atoms with Gasteiger partial charge in [0.15, 0.2) is 0 Å². The van der Waals surface area contributed by atoms with Gasteiger partial charge >= 0.3 is 0 Å². The zero-order valence-electron chi connectivity index (χ0n) is 10.5. The minimum absolute atomic E-state index is 0.0676. The summed E-state index contributed by atoms with van der Waals surface area (Å²) < 4.78 is 13.5. The molecule has 0 saturated carbocycles. The monoisotopic (exact) mass is 273 g/mol. The summed E-state index contributed by atoms with van der Waals surface area (Å²) in [7, 11) is 1.62. The summed E-state index contributed by atoms with van der Waals surface area (Å²) in [5.41, 5.74) is 0.216. The van der Waals surface area contributed by atoms with Crippen molar-refractivity contribution in [2.24, 2.45) is 0 Å². The summed E-state index contributed by atoms with van der Waals surface area (Å²) in [5, 5.41) is 9.40. The van der Waals surface area contributed by atoms with Gasteiger partial charge in [0.05, 0.1) is 12.5 Å². The van der Waals surface area contributed by atoms with E-state index in [-0.39, 0.29) is 22.9 Å². The fraction of sp³-hybridized carbons (Fsp3) is 0.462. The summed E-state index contributed by atoms with van der Waals surface area (Å²) in [4.78, 5) is 13.3. The number of hydrogen-bond acceptors (Lipinski definition) is 2. The minimum Gasteiger partial charge on any atom is -0.393 e. The van der Waals surface area contributed by atoms with Gasteiger partial charge in [-0.05, 0) is 25.5 Å². The molecule has 100 valence electrons. The lowest BCUT2D eigenvalue weighted by molar-refractivity contribution is -0.129. The molecule has 1 aromatic carbocycles. The Labute approximate surface area is 111 Å². The van der Waals surface area contributed by atoms with Gasteiger partial charge in [0, 0.05) is 24.2 Å². The van der Waals surface area contributed by atoms with E-state index in [0.29, 0.717) is 13.0 Å². The largest absolute Gasteiger partial charge is 0.393 e. The molecule has 0 aliphatic carbocycles. The highest BCUT2D eigenvalue weighted by Gasteiger charge is 2.15. The molecule has 0 bridgehead atoms. The van der Waals surface area contributed by atoms with Crippen LogP contribution in [0, 0.1) is 5.82 Å². The second-order valence-corrected chi connectivity index (χ2v) is 4.74. The summed E-state index contributed by atoms with van der Waals surface area (Å²) >= 11 is 5.86. The van der Waals surface area contributed by atoms with Crippen molar-refractivity contribution in [3.05, 3.63) is 34.6 Å². The van der Waals surface area contributed by atoms with Crippen LogP contribution in [0.15, 0.2) is 18.2 Å². The molecule has 1 atom stereocenters. The zero-order chi connectivity index (χ0) is 13.7. The highest BCUT2D eigenvalue weighted by molar-refractivity contribution is 6.31. The third kappa shape index (κ3) is 4.27. The van der Waals surface area contributed by atoms with E-state index in [4.69, 9.17) is 16.7 Å². The Balaban J connectivity index is 2.64. The molecule has 0 heterocycles. The van der Waals surface area contributed by atoms with Gasteiger partial charge in [-0.3, -0.25) is 4.79 Å². The molecule has 0 aromatic heterocycles. The van der Waals surface area contributed by atoms with E-state index in [1.165, 1.54) is 17.0 Å². The lowest BCUT2D eigenvalue weighted by atomic mass is 10.1. The highest BCUT2D eigenvalue weighted by atomic mass is 35.5. The van der Waals surface area contributed by atoms with E-state index in [0.717, 1.165) is 0 Å². The molecule has 0 spiro atoms. The van der Waals surface area contributed by atoms with Crippen LogP contribution in [0.2, 0.25) is 5.02 Å². The van der Waals surface area contributed by atoms with Gasteiger partial charge in [0.1, 0.15) is 5.82 Å². The summed E-state index contributed by atoms with van der Waals surface area (Å²) in [6.07, 6.45) is -0.0352. The van der Waals surface area contributed by atoms with Crippen LogP contribution in [0.4, 0.5) is 4.39 Å². The molecule has 0 saturated heterocycles. The number of halogens is 2. The number of carbonyl (C=O) groups excluding carboxylic acids is 1. The molecule has 0 aliphatic heterocycles. The minimum atomic E-state index is -0.472. The van der Waals surface area contributed by atoms with Crippen molar-refractivity contribution in [3.63, 3.8) is 0 Å². The van der Waals surface area contributed by atoms with Gasteiger partial charge in [0.25, 0.3) is 0 Å². The molecule has 18 heavy (non-hydrogen) atoms. The number of nitrogens with zero attached hydrogens (tertiary/aromatic N) is 1. The Hall–Kier alpha value is -1.13. The second-order valence-electron chi connectivity index (χ2n) is 4.33. The van der Waals surface area contributed by atoms with Crippen LogP contribution in [-0.2, 0) is 11.2 Å². The Morgan fingerprint density at radius 2 is 2.22 bits per heavy atom. The Bertz CT molecular complexity index is 403. The Kier molecular flexibility index (Phi) is 5.56. The molecular weight excluding hydrogens is 257 g/mol. The maximum absolute atomic E-state index is 13.5. The average molecular weight is 274 g/mol. The smallest absolute Gasteiger partial charge is 0.226 e. The van der Waals surface area contributed by atoms with Gasteiger partial charge in [-0.1, -0.05) is 17.7 Å². The fourth-order valence-electron chi connectivity index (χ4n) is 1.49. The quantitative estimate of drug-likeness (QED) is 0.894. The first-order valence-corrected chi connectivity index (χ1v) is 6.14. The van der Waals surface area contributed by atoms with Crippen molar-refractivity contribution in [1.82, 2.24) is 4.90 Å². The first kappa shape index (κ1) is 14.9. The van der Waals surface area contributed by atoms with Crippen LogP contribution in [0.3, 0.4) is 0 Å². The van der Waals surface area contributed by atoms with Crippen LogP contribution in [0.5, 0.6) is 0 Å². The number of likely N-dealkylation sites (N-methyl/N-ethyl adjacent to an activating group) is 1. The number of benzene rings is 1. The van der Waals surface area contributed by atoms with Crippen molar-refractivity contribution in [2.75, 3.05) is 13.6 Å². The Morgan fingerprint density at radius 1 is 1.56 bits per heavy atom. The molecular formula is C13H17ClFNO2. The predicted molar refractivity (Wildman–Crippen MR) is 69.0 cm³/mol. The maximum Gasteiger partial charge on any atom is 0.226 e. The van der Waals surface area contributed by atoms with Crippen LogP contribution >= 0.6 is 11.6 Å². The normalized spacial score (nSPS) is 12.3. The van der Waals surface area contributed by atoms with Gasteiger partial charge in [-0.25, -0.2) is 4.39 Å². The van der Waals surface area contributed by atoms with Crippen LogP contribution in [0.1, 0.15) is 18.9 Å². The molecule has 1 rings (SSSR count). The maximum atomic E-state index is 13.5. The van der Waals surface area contributed by atoms with E-state index in [1.807, 2.05) is 0 Å². The highest BCUT2D eigenvalue weighted by Crippen LogP contribution is 2.19. The van der Waals surface area contributed by atoms with Gasteiger partial charge in [-0.15, -0.1) is 0 Å². The van der Waals surface area contributed by atoms with Crippen LogP contribution in [-0.4, -0.2) is 35.6 Å². The SMILES string of the molecule is CC(O)CCN(C)C(=O)Cc1c(F)cccc1Cl. The van der Waals surface area contributed by atoms with Crippen molar-refractivity contribution >= 4 is 17.5 Å². The lowest BCUT2D eigenvalue weighted by Gasteiger charge is -2.18. The number of rotatable bonds is 5. The standard InChI is InChI=1S/C13H17ClFNO2/c1-9(17)6-7-16(2)13(18)8-10-11(14)4-3-5-12(10)15/h3-5,9,17H,6-8H2,1-2H3. The van der Waals surface area contributed by atoms with Crippen LogP contribution in [0.25, 0.3) is 0 Å². The zero-order valence-corrected chi connectivity index (χ0v) is 11.2. The number of carbonyl (C=O) groups is 1. The van der Waals surface area contributed by atoms with Crippen molar-refractivity contribution in [2.45, 2.75) is 25.9 Å². The molecule has 1 amide bonds. The first-order chi connectivity index (χ1) is 8.41. The summed E-state index contributed by atoms with van der Waals surface area (Å²) in [6.45, 7) is 2.09. The molecule has 0 radical (unpaired) electrons. The first-order valence-electron chi connectivity index (χ1n) is 5.76. The van der Waals surface area contributed by atoms with E-state index in [2.05, 4.69) is 0 Å². The molecule has 3 nitrogen and oxygen atoms in total. The van der Waals surface area contributed by atoms with Crippen molar-refractivity contribution in [3.8, 4) is 0 Å². The van der Waals surface area contributed by atoms with Gasteiger partial charge in [0.2, 0.25) is 5.91 Å². The molecule has 1 unspecified atom stereocenters. The topological polar surface area (TPSA) is 40.5 Å². The number of hydrogen-bond donors (Lipinski definition) is 1. The third-order valence-corrected chi connectivity index (χ3v) is 3.05. The van der Waals surface area contributed by atoms with Gasteiger partial charge in [-0.2, -0.15) is 0 Å². The third-order valence-electron chi connectivity index (χ3n) is 2.70. The van der Waals surface area contributed by atoms with E-state index in [9.17, 15) is 9.18 Å². The van der Waals surface area contributed by atoms with E-state index < -0.39 is 11.9 Å². The average Bonchev–Trinajstić information content (AvgIpc) is 2.30. The van der Waals surface area contributed by atoms with Crippen molar-refractivity contribution in [1.29, 1.82) is 0 Å². The van der Waals surface area contributed by atoms with E-state index >= 15 is 0 Å². The predicted octanol–water partition coefficient (Wildman–Crippen LogP) is 2.25. The molecule has 1 aromatic rings. The van der Waals surface area contributed by atoms with Gasteiger partial charge < -0.3 is 10.0 Å². The van der Waals surface area contributed by atoms with E-state index in [1.54, 1.807) is 20.0 Å². The molecule has 0 aliphatic rings. The summed E-state index contributed by atoms with van der Waals surface area (Å²) in [6, 6.07) is 4.34. The summed E-state index contributed by atoms with van der Waals surface area (Å²) in [5.74, 6) is -0.692. The fourth-order valence-corrected chi connectivity index (χ4v) is 1.72. The molecule has 1 N–H and O–H groups in total. The number of aliphatic hydroxyl groups excluding tert-OH is 1. The van der Waals surface area contributed by atoms with Crippen molar-refractivity contribution < 1.29 is 14.3 Å². The number of aliphatic hydroxyl groups is 1. The molecule has 5 heteroatoms. The lowest BCUT2D eigenvalue weighted by Crippen LogP contribution is -2.31.